The molecule has 19 heavy (non-hydrogen) atoms. The van der Waals surface area contributed by atoms with Crippen LogP contribution in [0.5, 0.6) is 11.5 Å². The zero-order chi connectivity index (χ0) is 13.8. The van der Waals surface area contributed by atoms with Crippen LogP contribution in [0.25, 0.3) is 0 Å². The summed E-state index contributed by atoms with van der Waals surface area (Å²) >= 11 is 0. The minimum atomic E-state index is -0.519. The number of anilines is 1. The first kappa shape index (κ1) is 12.9. The number of aromatic nitrogens is 2. The van der Waals surface area contributed by atoms with E-state index in [0.717, 1.165) is 13.0 Å². The largest absolute Gasteiger partial charge is 0.452 e. The molecule has 0 aliphatic heterocycles. The zero-order valence-electron chi connectivity index (χ0n) is 10.7. The molecule has 0 radical (unpaired) electrons. The Balaban J connectivity index is 2.16. The fraction of sp³-hybridized carbons (Fsp3) is 0.231. The molecule has 2 rings (SSSR count). The van der Waals surface area contributed by atoms with Crippen molar-refractivity contribution in [3.8, 4) is 11.5 Å². The molecule has 0 aliphatic carbocycles. The highest BCUT2D eigenvalue weighted by atomic mass is 16.5. The van der Waals surface area contributed by atoms with E-state index in [1.165, 1.54) is 6.07 Å². The van der Waals surface area contributed by atoms with Crippen molar-refractivity contribution in [3.63, 3.8) is 0 Å². The lowest BCUT2D eigenvalue weighted by Gasteiger charge is -2.07. The maximum absolute atomic E-state index is 11.0. The van der Waals surface area contributed by atoms with Gasteiger partial charge in [-0.3, -0.25) is 9.48 Å². The summed E-state index contributed by atoms with van der Waals surface area (Å²) in [6.45, 7) is 2.90. The number of nitrogen functional groups attached to an aromatic ring is 1. The van der Waals surface area contributed by atoms with Gasteiger partial charge in [0.05, 0.1) is 18.1 Å². The lowest BCUT2D eigenvalue weighted by molar-refractivity contribution is 0.100. The van der Waals surface area contributed by atoms with Crippen LogP contribution >= 0.6 is 0 Å². The molecule has 1 amide bonds. The minimum Gasteiger partial charge on any atom is -0.452 e. The van der Waals surface area contributed by atoms with Gasteiger partial charge in [-0.15, -0.1) is 0 Å². The zero-order valence-corrected chi connectivity index (χ0v) is 10.7. The second-order valence-electron chi connectivity index (χ2n) is 4.16. The molecular weight excluding hydrogens is 244 g/mol. The Kier molecular flexibility index (Phi) is 3.70. The molecule has 0 saturated carbocycles. The Bertz CT molecular complexity index is 592. The summed E-state index contributed by atoms with van der Waals surface area (Å²) < 4.78 is 7.41. The van der Waals surface area contributed by atoms with Crippen LogP contribution in [-0.2, 0) is 6.54 Å². The first-order valence-electron chi connectivity index (χ1n) is 5.99. The van der Waals surface area contributed by atoms with Gasteiger partial charge < -0.3 is 16.2 Å². The van der Waals surface area contributed by atoms with Crippen LogP contribution in [0.2, 0.25) is 0 Å². The molecule has 2 aromatic rings. The summed E-state index contributed by atoms with van der Waals surface area (Å²) in [5, 5.41) is 4.15. The third-order valence-electron chi connectivity index (χ3n) is 2.58. The molecule has 0 bridgehead atoms. The summed E-state index contributed by atoms with van der Waals surface area (Å²) in [6.07, 6.45) is 4.42. The van der Waals surface area contributed by atoms with Crippen molar-refractivity contribution >= 4 is 11.6 Å². The first-order valence-corrected chi connectivity index (χ1v) is 5.99. The number of amides is 1. The van der Waals surface area contributed by atoms with Crippen molar-refractivity contribution in [2.24, 2.45) is 5.73 Å². The number of ether oxygens (including phenoxy) is 1. The average molecular weight is 260 g/mol. The van der Waals surface area contributed by atoms with E-state index < -0.39 is 5.91 Å². The molecule has 6 heteroatoms. The van der Waals surface area contributed by atoms with Crippen LogP contribution in [0.1, 0.15) is 23.7 Å². The van der Waals surface area contributed by atoms with Crippen molar-refractivity contribution in [1.82, 2.24) is 9.78 Å². The number of primary amides is 1. The van der Waals surface area contributed by atoms with Crippen LogP contribution in [0.4, 0.5) is 5.69 Å². The van der Waals surface area contributed by atoms with Crippen LogP contribution in [0.15, 0.2) is 30.6 Å². The maximum Gasteiger partial charge on any atom is 0.248 e. The van der Waals surface area contributed by atoms with Gasteiger partial charge >= 0.3 is 0 Å². The standard InChI is InChI=1S/C13H16N4O2/c1-2-5-17-8-10(7-16-17)19-12-4-3-9(13(15)18)6-11(12)14/h3-4,6-8H,2,5,14H2,1H3,(H2,15,18). The highest BCUT2D eigenvalue weighted by molar-refractivity contribution is 5.94. The number of hydrogen-bond acceptors (Lipinski definition) is 4. The van der Waals surface area contributed by atoms with Gasteiger partial charge in [0.25, 0.3) is 0 Å². The van der Waals surface area contributed by atoms with E-state index in [1.807, 2.05) is 0 Å². The van der Waals surface area contributed by atoms with Crippen molar-refractivity contribution < 1.29 is 9.53 Å². The van der Waals surface area contributed by atoms with Gasteiger partial charge in [-0.05, 0) is 24.6 Å². The molecule has 100 valence electrons. The molecule has 0 spiro atoms. The normalized spacial score (nSPS) is 10.4. The summed E-state index contributed by atoms with van der Waals surface area (Å²) in [5.74, 6) is 0.557. The Morgan fingerprint density at radius 3 is 2.89 bits per heavy atom. The fourth-order valence-electron chi connectivity index (χ4n) is 1.67. The Morgan fingerprint density at radius 2 is 2.26 bits per heavy atom. The number of carbonyl (C=O) groups excluding carboxylic acids is 1. The average Bonchev–Trinajstić information content (AvgIpc) is 2.79. The van der Waals surface area contributed by atoms with Gasteiger partial charge in [0, 0.05) is 12.1 Å². The van der Waals surface area contributed by atoms with Gasteiger partial charge in [0.15, 0.2) is 11.5 Å². The van der Waals surface area contributed by atoms with Crippen molar-refractivity contribution in [1.29, 1.82) is 0 Å². The first-order chi connectivity index (χ1) is 9.10. The van der Waals surface area contributed by atoms with Crippen molar-refractivity contribution in [2.45, 2.75) is 19.9 Å². The number of nitrogens with zero attached hydrogens (tertiary/aromatic N) is 2. The SMILES string of the molecule is CCCn1cc(Oc2ccc(C(N)=O)cc2N)cn1. The molecule has 0 unspecified atom stereocenters. The highest BCUT2D eigenvalue weighted by Crippen LogP contribution is 2.27. The number of carbonyl (C=O) groups is 1. The van der Waals surface area contributed by atoms with E-state index in [2.05, 4.69) is 12.0 Å². The van der Waals surface area contributed by atoms with E-state index >= 15 is 0 Å². The fourth-order valence-corrected chi connectivity index (χ4v) is 1.67. The molecule has 0 fully saturated rings. The van der Waals surface area contributed by atoms with Gasteiger partial charge in [0.2, 0.25) is 5.91 Å². The van der Waals surface area contributed by atoms with Crippen LogP contribution in [0, 0.1) is 0 Å². The third kappa shape index (κ3) is 3.04. The third-order valence-corrected chi connectivity index (χ3v) is 2.58. The topological polar surface area (TPSA) is 96.2 Å². The number of benzene rings is 1. The van der Waals surface area contributed by atoms with Crippen LogP contribution < -0.4 is 16.2 Å². The van der Waals surface area contributed by atoms with Crippen molar-refractivity contribution in [3.05, 3.63) is 36.2 Å². The molecule has 0 atom stereocenters. The molecule has 1 heterocycles. The quantitative estimate of drug-likeness (QED) is 0.800. The maximum atomic E-state index is 11.0. The monoisotopic (exact) mass is 260 g/mol. The highest BCUT2D eigenvalue weighted by Gasteiger charge is 2.08. The van der Waals surface area contributed by atoms with Gasteiger partial charge in [-0.2, -0.15) is 5.10 Å². The molecule has 1 aromatic carbocycles. The van der Waals surface area contributed by atoms with Crippen LogP contribution in [-0.4, -0.2) is 15.7 Å². The predicted octanol–water partition coefficient (Wildman–Crippen LogP) is 1.77. The van der Waals surface area contributed by atoms with E-state index in [4.69, 9.17) is 16.2 Å². The molecule has 6 nitrogen and oxygen atoms in total. The number of nitrogens with two attached hydrogens (primary N) is 2. The van der Waals surface area contributed by atoms with E-state index in [1.54, 1.807) is 29.2 Å². The minimum absolute atomic E-state index is 0.353. The Hall–Kier alpha value is -2.50. The molecule has 0 saturated heterocycles. The molecule has 1 aromatic heterocycles. The predicted molar refractivity (Wildman–Crippen MR) is 72.0 cm³/mol. The second kappa shape index (κ2) is 5.43. The Labute approximate surface area is 111 Å². The molecule has 0 aliphatic rings. The molecule has 4 N–H and O–H groups in total. The van der Waals surface area contributed by atoms with E-state index in [9.17, 15) is 4.79 Å². The lowest BCUT2D eigenvalue weighted by Crippen LogP contribution is -2.11. The summed E-state index contributed by atoms with van der Waals surface area (Å²) in [7, 11) is 0. The summed E-state index contributed by atoms with van der Waals surface area (Å²) in [5.41, 5.74) is 11.7. The molecular formula is C13H16N4O2. The smallest absolute Gasteiger partial charge is 0.248 e. The number of rotatable bonds is 5. The number of hydrogen-bond donors (Lipinski definition) is 2. The van der Waals surface area contributed by atoms with Gasteiger partial charge in [0.1, 0.15) is 0 Å². The van der Waals surface area contributed by atoms with Gasteiger partial charge in [-0.1, -0.05) is 6.92 Å². The summed E-state index contributed by atoms with van der Waals surface area (Å²) in [4.78, 5) is 11.0. The van der Waals surface area contributed by atoms with E-state index in [-0.39, 0.29) is 0 Å². The lowest BCUT2D eigenvalue weighted by atomic mass is 10.2. The van der Waals surface area contributed by atoms with Crippen LogP contribution in [0.3, 0.4) is 0 Å². The van der Waals surface area contributed by atoms with Crippen molar-refractivity contribution in [2.75, 3.05) is 5.73 Å². The Morgan fingerprint density at radius 1 is 1.47 bits per heavy atom. The van der Waals surface area contributed by atoms with E-state index in [0.29, 0.717) is 22.7 Å². The number of aryl methyl sites for hydroxylation is 1. The van der Waals surface area contributed by atoms with Gasteiger partial charge in [-0.25, -0.2) is 0 Å². The summed E-state index contributed by atoms with van der Waals surface area (Å²) in [6, 6.07) is 4.69. The second-order valence-corrected chi connectivity index (χ2v) is 4.16.